The van der Waals surface area contributed by atoms with Gasteiger partial charge in [-0.1, -0.05) is 42.5 Å². The fourth-order valence-corrected chi connectivity index (χ4v) is 3.26. The molecule has 2 aromatic carbocycles. The van der Waals surface area contributed by atoms with Gasteiger partial charge < -0.3 is 24.8 Å². The minimum absolute atomic E-state index is 0. The van der Waals surface area contributed by atoms with Gasteiger partial charge in [0, 0.05) is 36.2 Å². The maximum atomic E-state index is 4.86. The van der Waals surface area contributed by atoms with Crippen LogP contribution in [-0.2, 0) is 17.1 Å². The van der Waals surface area contributed by atoms with Crippen LogP contribution in [0.3, 0.4) is 0 Å². The van der Waals surface area contributed by atoms with Crippen molar-refractivity contribution in [2.75, 3.05) is 0 Å². The van der Waals surface area contributed by atoms with E-state index in [9.17, 15) is 0 Å². The van der Waals surface area contributed by atoms with Gasteiger partial charge >= 0.3 is 17.1 Å². The number of aromatic nitrogens is 5. The monoisotopic (exact) mass is 489 g/mol. The first-order chi connectivity index (χ1) is 13.9. The second-order valence-corrected chi connectivity index (χ2v) is 6.32. The number of hydrogen-bond acceptors (Lipinski definition) is 3. The minimum Gasteiger partial charge on any atom is -1.00 e. The van der Waals surface area contributed by atoms with Gasteiger partial charge in [-0.15, -0.1) is 0 Å². The predicted octanol–water partition coefficient (Wildman–Crippen LogP) is -1.21. The Hall–Kier alpha value is -2.89. The van der Waals surface area contributed by atoms with E-state index in [1.165, 1.54) is 0 Å². The SMILES string of the molecule is [Cl-].[Cl-].[Fe+2].c1ccc(-n2ccnc2-c2cccc(-c3nccn3-c3ccccc3)n2)cc1. The van der Waals surface area contributed by atoms with Crippen LogP contribution in [-0.4, -0.2) is 24.1 Å². The molecule has 5 rings (SSSR count). The zero-order valence-corrected chi connectivity index (χ0v) is 18.8. The van der Waals surface area contributed by atoms with Crippen LogP contribution in [0.1, 0.15) is 0 Å². The van der Waals surface area contributed by atoms with Crippen molar-refractivity contribution in [1.29, 1.82) is 0 Å². The van der Waals surface area contributed by atoms with E-state index in [1.54, 1.807) is 12.4 Å². The molecule has 3 aromatic heterocycles. The van der Waals surface area contributed by atoms with Gasteiger partial charge in [-0.3, -0.25) is 9.13 Å². The second-order valence-electron chi connectivity index (χ2n) is 6.32. The molecule has 156 valence electrons. The molecule has 0 amide bonds. The van der Waals surface area contributed by atoms with Gasteiger partial charge in [-0.05, 0) is 36.4 Å². The molecule has 0 radical (unpaired) electrons. The zero-order valence-electron chi connectivity index (χ0n) is 16.2. The topological polar surface area (TPSA) is 48.5 Å². The van der Waals surface area contributed by atoms with E-state index in [0.29, 0.717) is 0 Å². The number of imidazole rings is 2. The fraction of sp³-hybridized carbons (Fsp3) is 0. The molecule has 5 aromatic rings. The summed E-state index contributed by atoms with van der Waals surface area (Å²) in [5.74, 6) is 1.59. The Balaban J connectivity index is 0.00000114. The number of nitrogens with zero attached hydrogens (tertiary/aromatic N) is 5. The van der Waals surface area contributed by atoms with Gasteiger partial charge in [0.15, 0.2) is 11.6 Å². The van der Waals surface area contributed by atoms with E-state index < -0.39 is 0 Å². The van der Waals surface area contributed by atoms with Crippen LogP contribution >= 0.6 is 0 Å². The maximum Gasteiger partial charge on any atom is 2.00 e. The summed E-state index contributed by atoms with van der Waals surface area (Å²) in [5, 5.41) is 0. The van der Waals surface area contributed by atoms with Crippen LogP contribution in [0.2, 0.25) is 0 Å². The summed E-state index contributed by atoms with van der Waals surface area (Å²) in [4.78, 5) is 13.9. The normalized spacial score (nSPS) is 9.81. The second kappa shape index (κ2) is 10.9. The van der Waals surface area contributed by atoms with Crippen LogP contribution in [0.25, 0.3) is 34.4 Å². The van der Waals surface area contributed by atoms with E-state index in [4.69, 9.17) is 4.98 Å². The minimum atomic E-state index is 0. The van der Waals surface area contributed by atoms with E-state index in [1.807, 2.05) is 76.1 Å². The summed E-state index contributed by atoms with van der Waals surface area (Å²) in [6.45, 7) is 0. The largest absolute Gasteiger partial charge is 2.00 e. The Morgan fingerprint density at radius 1 is 0.516 bits per heavy atom. The van der Waals surface area contributed by atoms with Crippen LogP contribution in [0.15, 0.2) is 104 Å². The Morgan fingerprint density at radius 2 is 0.935 bits per heavy atom. The Kier molecular flexibility index (Phi) is 8.60. The number of rotatable bonds is 4. The Morgan fingerprint density at radius 3 is 1.35 bits per heavy atom. The van der Waals surface area contributed by atoms with Crippen LogP contribution < -0.4 is 24.8 Å². The third-order valence-corrected chi connectivity index (χ3v) is 4.56. The van der Waals surface area contributed by atoms with Crippen molar-refractivity contribution in [3.05, 3.63) is 104 Å². The molecule has 0 saturated carbocycles. The molecule has 0 aliphatic rings. The van der Waals surface area contributed by atoms with Gasteiger partial charge in [0.25, 0.3) is 0 Å². The van der Waals surface area contributed by atoms with Gasteiger partial charge in [0.1, 0.15) is 11.4 Å². The molecule has 31 heavy (non-hydrogen) atoms. The third-order valence-electron chi connectivity index (χ3n) is 4.56. The summed E-state index contributed by atoms with van der Waals surface area (Å²) < 4.78 is 4.07. The first kappa shape index (κ1) is 24.4. The molecular formula is C23H17Cl2FeN5. The molecule has 0 saturated heterocycles. The van der Waals surface area contributed by atoms with Crippen molar-refractivity contribution in [2.45, 2.75) is 0 Å². The average Bonchev–Trinajstić information content (AvgIpc) is 3.45. The molecule has 8 heteroatoms. The Labute approximate surface area is 203 Å². The predicted molar refractivity (Wildman–Crippen MR) is 109 cm³/mol. The van der Waals surface area contributed by atoms with Crippen LogP contribution in [0.5, 0.6) is 0 Å². The maximum absolute atomic E-state index is 4.86. The first-order valence-electron chi connectivity index (χ1n) is 9.05. The van der Waals surface area contributed by atoms with E-state index >= 15 is 0 Å². The van der Waals surface area contributed by atoms with Crippen molar-refractivity contribution in [2.24, 2.45) is 0 Å². The standard InChI is InChI=1S/C23H17N5.2ClH.Fe/c1-3-8-18(9-4-1)27-16-14-24-22(27)20-12-7-13-21(26-20)23-25-15-17-28(23)19-10-5-2-6-11-19;;;/h1-17H;2*1H;/q;;;+2/p-2. The molecule has 0 fully saturated rings. The molecule has 0 bridgehead atoms. The Bertz CT molecular complexity index is 1130. The molecule has 0 spiro atoms. The summed E-state index contributed by atoms with van der Waals surface area (Å²) >= 11 is 0. The summed E-state index contributed by atoms with van der Waals surface area (Å²) in [7, 11) is 0. The smallest absolute Gasteiger partial charge is 1.00 e. The van der Waals surface area contributed by atoms with Crippen molar-refractivity contribution < 1.29 is 41.9 Å². The quantitative estimate of drug-likeness (QED) is 0.298. The number of pyridine rings is 1. The molecule has 0 atom stereocenters. The molecule has 0 N–H and O–H groups in total. The first-order valence-corrected chi connectivity index (χ1v) is 9.05. The fourth-order valence-electron chi connectivity index (χ4n) is 3.26. The van der Waals surface area contributed by atoms with Gasteiger partial charge in [0.05, 0.1) is 0 Å². The van der Waals surface area contributed by atoms with Gasteiger partial charge in [-0.2, -0.15) is 0 Å². The van der Waals surface area contributed by atoms with Gasteiger partial charge in [-0.25, -0.2) is 15.0 Å². The zero-order chi connectivity index (χ0) is 18.8. The number of benzene rings is 2. The molecule has 5 nitrogen and oxygen atoms in total. The van der Waals surface area contributed by atoms with E-state index in [-0.39, 0.29) is 41.9 Å². The average molecular weight is 490 g/mol. The van der Waals surface area contributed by atoms with Crippen molar-refractivity contribution >= 4 is 0 Å². The van der Waals surface area contributed by atoms with Crippen LogP contribution in [0, 0.1) is 0 Å². The summed E-state index contributed by atoms with van der Waals surface area (Å²) in [6.07, 6.45) is 7.48. The third kappa shape index (κ3) is 4.89. The van der Waals surface area contributed by atoms with Gasteiger partial charge in [0.2, 0.25) is 0 Å². The van der Waals surface area contributed by atoms with E-state index in [2.05, 4.69) is 34.2 Å². The number of halogens is 2. The molecule has 0 aliphatic carbocycles. The van der Waals surface area contributed by atoms with Crippen LogP contribution in [0.4, 0.5) is 0 Å². The van der Waals surface area contributed by atoms with Crippen molar-refractivity contribution in [3.8, 4) is 34.4 Å². The summed E-state index contributed by atoms with van der Waals surface area (Å²) in [5.41, 5.74) is 3.70. The number of hydrogen-bond donors (Lipinski definition) is 0. The van der Waals surface area contributed by atoms with Crippen molar-refractivity contribution in [1.82, 2.24) is 24.1 Å². The molecule has 3 heterocycles. The van der Waals surface area contributed by atoms with E-state index in [0.717, 1.165) is 34.4 Å². The van der Waals surface area contributed by atoms with Crippen molar-refractivity contribution in [3.63, 3.8) is 0 Å². The number of para-hydroxylation sites is 2. The summed E-state index contributed by atoms with van der Waals surface area (Å²) in [6, 6.07) is 26.2. The molecule has 0 unspecified atom stereocenters. The molecule has 0 aliphatic heterocycles. The molecular weight excluding hydrogens is 473 g/mol.